The van der Waals surface area contributed by atoms with Crippen molar-refractivity contribution in [2.75, 3.05) is 5.32 Å². The number of carbonyl (C=O) groups is 1. The number of halogens is 1. The van der Waals surface area contributed by atoms with Crippen molar-refractivity contribution < 1.29 is 9.90 Å². The number of anilines is 1. The molecule has 0 spiro atoms. The molecule has 0 fully saturated rings. The number of amides is 1. The third-order valence-corrected chi connectivity index (χ3v) is 2.70. The smallest absolute Gasteiger partial charge is 0.221 e. The van der Waals surface area contributed by atoms with Crippen LogP contribution in [0, 0.1) is 0 Å². The van der Waals surface area contributed by atoms with Crippen molar-refractivity contribution >= 4 is 34.6 Å². The quantitative estimate of drug-likeness (QED) is 0.821. The van der Waals surface area contributed by atoms with Gasteiger partial charge in [0, 0.05) is 12.6 Å². The summed E-state index contributed by atoms with van der Waals surface area (Å²) in [7, 11) is 0. The van der Waals surface area contributed by atoms with E-state index in [-0.39, 0.29) is 16.7 Å². The van der Waals surface area contributed by atoms with E-state index in [2.05, 4.69) is 15.5 Å². The van der Waals surface area contributed by atoms with Gasteiger partial charge in [0.25, 0.3) is 0 Å². The van der Waals surface area contributed by atoms with Crippen molar-refractivity contribution in [3.05, 3.63) is 47.5 Å². The monoisotopic (exact) mass is 289 g/mol. The SMILES string of the molecule is CC(=O)Nc1ccc(N=Nc2ccc(O)c(Cl)c2)cc1. The molecular weight excluding hydrogens is 278 g/mol. The van der Waals surface area contributed by atoms with Gasteiger partial charge < -0.3 is 10.4 Å². The molecule has 2 aromatic carbocycles. The summed E-state index contributed by atoms with van der Waals surface area (Å²) in [6.45, 7) is 1.45. The minimum atomic E-state index is -0.127. The number of carbonyl (C=O) groups excluding carboxylic acids is 1. The summed E-state index contributed by atoms with van der Waals surface area (Å²) in [5.41, 5.74) is 1.88. The molecule has 0 bridgehead atoms. The number of phenolic OH excluding ortho intramolecular Hbond substituents is 1. The van der Waals surface area contributed by atoms with Crippen molar-refractivity contribution in [1.82, 2.24) is 0 Å². The first-order chi connectivity index (χ1) is 9.54. The lowest BCUT2D eigenvalue weighted by molar-refractivity contribution is -0.114. The van der Waals surface area contributed by atoms with Crippen LogP contribution in [0.4, 0.5) is 17.1 Å². The Labute approximate surface area is 120 Å². The molecule has 6 heteroatoms. The van der Waals surface area contributed by atoms with E-state index in [0.29, 0.717) is 17.1 Å². The predicted molar refractivity (Wildman–Crippen MR) is 78.0 cm³/mol. The molecule has 5 nitrogen and oxygen atoms in total. The van der Waals surface area contributed by atoms with E-state index in [4.69, 9.17) is 11.6 Å². The van der Waals surface area contributed by atoms with Crippen molar-refractivity contribution in [2.24, 2.45) is 10.2 Å². The lowest BCUT2D eigenvalue weighted by Crippen LogP contribution is -2.04. The minimum absolute atomic E-state index is 0.00489. The van der Waals surface area contributed by atoms with Gasteiger partial charge in [-0.3, -0.25) is 4.79 Å². The van der Waals surface area contributed by atoms with Crippen LogP contribution in [0.5, 0.6) is 5.75 Å². The van der Waals surface area contributed by atoms with Crippen molar-refractivity contribution in [2.45, 2.75) is 6.92 Å². The molecule has 2 aromatic rings. The molecule has 0 heterocycles. The summed E-state index contributed by atoms with van der Waals surface area (Å²) in [5, 5.41) is 20.2. The Kier molecular flexibility index (Phi) is 4.32. The zero-order valence-electron chi connectivity index (χ0n) is 10.7. The van der Waals surface area contributed by atoms with E-state index in [9.17, 15) is 9.90 Å². The highest BCUT2D eigenvalue weighted by molar-refractivity contribution is 6.32. The van der Waals surface area contributed by atoms with Gasteiger partial charge in [-0.05, 0) is 42.5 Å². The fraction of sp³-hybridized carbons (Fsp3) is 0.0714. The first kappa shape index (κ1) is 14.0. The summed E-state index contributed by atoms with van der Waals surface area (Å²) in [4.78, 5) is 10.9. The van der Waals surface area contributed by atoms with Crippen molar-refractivity contribution in [1.29, 1.82) is 0 Å². The third-order valence-electron chi connectivity index (χ3n) is 2.40. The Hall–Kier alpha value is -2.40. The zero-order chi connectivity index (χ0) is 14.5. The van der Waals surface area contributed by atoms with Crippen LogP contribution < -0.4 is 5.32 Å². The molecule has 0 unspecified atom stereocenters. The number of nitrogens with one attached hydrogen (secondary N) is 1. The maximum atomic E-state index is 10.9. The summed E-state index contributed by atoms with van der Waals surface area (Å²) in [6.07, 6.45) is 0. The van der Waals surface area contributed by atoms with Crippen LogP contribution in [0.2, 0.25) is 5.02 Å². The number of aromatic hydroxyl groups is 1. The van der Waals surface area contributed by atoms with Crippen LogP contribution in [-0.4, -0.2) is 11.0 Å². The van der Waals surface area contributed by atoms with Crippen LogP contribution in [0.25, 0.3) is 0 Å². The summed E-state index contributed by atoms with van der Waals surface area (Å²) in [6, 6.07) is 11.5. The van der Waals surface area contributed by atoms with Gasteiger partial charge in [0.1, 0.15) is 5.75 Å². The fourth-order valence-electron chi connectivity index (χ4n) is 1.49. The Balaban J connectivity index is 2.10. The van der Waals surface area contributed by atoms with Crippen LogP contribution in [0.15, 0.2) is 52.7 Å². The standard InChI is InChI=1S/C14H12ClN3O2/c1-9(19)16-10-2-4-11(5-3-10)17-18-12-6-7-14(20)13(15)8-12/h2-8,20H,1H3,(H,16,19). The molecule has 0 saturated heterocycles. The molecule has 0 aliphatic heterocycles. The van der Waals surface area contributed by atoms with Crippen molar-refractivity contribution in [3.63, 3.8) is 0 Å². The summed E-state index contributed by atoms with van der Waals surface area (Å²) < 4.78 is 0. The minimum Gasteiger partial charge on any atom is -0.506 e. The molecule has 0 aliphatic rings. The molecule has 20 heavy (non-hydrogen) atoms. The van der Waals surface area contributed by atoms with Gasteiger partial charge in [0.2, 0.25) is 5.91 Å². The second kappa shape index (κ2) is 6.16. The molecular formula is C14H12ClN3O2. The van der Waals surface area contributed by atoms with E-state index >= 15 is 0 Å². The average molecular weight is 290 g/mol. The molecule has 0 radical (unpaired) electrons. The first-order valence-corrected chi connectivity index (χ1v) is 6.20. The van der Waals surface area contributed by atoms with Crippen LogP contribution in [-0.2, 0) is 4.79 Å². The topological polar surface area (TPSA) is 74.0 Å². The number of benzene rings is 2. The number of nitrogens with zero attached hydrogens (tertiary/aromatic N) is 2. The lowest BCUT2D eigenvalue weighted by Gasteiger charge is -2.01. The number of rotatable bonds is 3. The highest BCUT2D eigenvalue weighted by Crippen LogP contribution is 2.28. The van der Waals surface area contributed by atoms with Crippen LogP contribution >= 0.6 is 11.6 Å². The van der Waals surface area contributed by atoms with E-state index in [1.54, 1.807) is 30.3 Å². The van der Waals surface area contributed by atoms with Gasteiger partial charge in [0.15, 0.2) is 0 Å². The summed E-state index contributed by atoms with van der Waals surface area (Å²) in [5.74, 6) is -0.122. The van der Waals surface area contributed by atoms with Crippen molar-refractivity contribution in [3.8, 4) is 5.75 Å². The van der Waals surface area contributed by atoms with Gasteiger partial charge >= 0.3 is 0 Å². The normalized spacial score (nSPS) is 10.7. The van der Waals surface area contributed by atoms with E-state index < -0.39 is 0 Å². The molecule has 0 aromatic heterocycles. The van der Waals surface area contributed by atoms with Gasteiger partial charge in [-0.1, -0.05) is 11.6 Å². The second-order valence-electron chi connectivity index (χ2n) is 4.06. The predicted octanol–water partition coefficient (Wildman–Crippen LogP) is 4.42. The molecule has 2 rings (SSSR count). The molecule has 0 saturated carbocycles. The maximum Gasteiger partial charge on any atom is 0.221 e. The molecule has 2 N–H and O–H groups in total. The number of hydrogen-bond acceptors (Lipinski definition) is 4. The highest BCUT2D eigenvalue weighted by atomic mass is 35.5. The number of hydrogen-bond donors (Lipinski definition) is 2. The summed E-state index contributed by atoms with van der Waals surface area (Å²) >= 11 is 5.77. The Morgan fingerprint density at radius 3 is 2.30 bits per heavy atom. The molecule has 102 valence electrons. The molecule has 1 amide bonds. The lowest BCUT2D eigenvalue weighted by atomic mass is 10.3. The van der Waals surface area contributed by atoms with E-state index in [0.717, 1.165) is 0 Å². The second-order valence-corrected chi connectivity index (χ2v) is 4.47. The highest BCUT2D eigenvalue weighted by Gasteiger charge is 1.99. The molecule has 0 aliphatic carbocycles. The number of phenols is 1. The van der Waals surface area contributed by atoms with Crippen LogP contribution in [0.3, 0.4) is 0 Å². The Morgan fingerprint density at radius 2 is 1.70 bits per heavy atom. The van der Waals surface area contributed by atoms with Gasteiger partial charge in [0.05, 0.1) is 16.4 Å². The van der Waals surface area contributed by atoms with Gasteiger partial charge in [-0.25, -0.2) is 0 Å². The Morgan fingerprint density at radius 1 is 1.10 bits per heavy atom. The average Bonchev–Trinajstić information content (AvgIpc) is 2.41. The third kappa shape index (κ3) is 3.80. The Bertz CT molecular complexity index is 654. The molecule has 0 atom stereocenters. The van der Waals surface area contributed by atoms with Crippen LogP contribution in [0.1, 0.15) is 6.92 Å². The zero-order valence-corrected chi connectivity index (χ0v) is 11.4. The number of azo groups is 1. The van der Waals surface area contributed by atoms with Gasteiger partial charge in [-0.2, -0.15) is 10.2 Å². The van der Waals surface area contributed by atoms with Gasteiger partial charge in [-0.15, -0.1) is 0 Å². The first-order valence-electron chi connectivity index (χ1n) is 5.82. The van der Waals surface area contributed by atoms with E-state index in [1.165, 1.54) is 19.1 Å². The van der Waals surface area contributed by atoms with E-state index in [1.807, 2.05) is 0 Å². The largest absolute Gasteiger partial charge is 0.506 e. The fourth-order valence-corrected chi connectivity index (χ4v) is 1.66. The maximum absolute atomic E-state index is 10.9.